The smallest absolute Gasteiger partial charge is 0.270 e. The summed E-state index contributed by atoms with van der Waals surface area (Å²) in [5.41, 5.74) is 4.63. The molecule has 0 spiro atoms. The summed E-state index contributed by atoms with van der Waals surface area (Å²) in [6.07, 6.45) is 1.58. The molecule has 0 saturated heterocycles. The van der Waals surface area contributed by atoms with Gasteiger partial charge in [-0.25, -0.2) is 0 Å². The number of aryl methyl sites for hydroxylation is 1. The maximum Gasteiger partial charge on any atom is 0.270 e. The van der Waals surface area contributed by atoms with Crippen molar-refractivity contribution in [2.45, 2.75) is 13.5 Å². The fourth-order valence-corrected chi connectivity index (χ4v) is 2.44. The van der Waals surface area contributed by atoms with Gasteiger partial charge in [-0.1, -0.05) is 35.9 Å². The van der Waals surface area contributed by atoms with Crippen LogP contribution < -0.4 is 10.6 Å². The van der Waals surface area contributed by atoms with Gasteiger partial charge in [0.25, 0.3) is 5.91 Å². The van der Waals surface area contributed by atoms with Gasteiger partial charge in [-0.2, -0.15) is 5.26 Å². The lowest BCUT2D eigenvalue weighted by Gasteiger charge is -2.09. The number of nitriles is 1. The third-order valence-electron chi connectivity index (χ3n) is 3.85. The molecule has 0 aliphatic carbocycles. The Hall–Kier alpha value is -3.65. The van der Waals surface area contributed by atoms with Gasteiger partial charge in [0.05, 0.1) is 11.6 Å². The highest BCUT2D eigenvalue weighted by Gasteiger charge is 2.08. The topological polar surface area (TPSA) is 77.8 Å². The fourth-order valence-electron chi connectivity index (χ4n) is 2.44. The number of pyridine rings is 1. The highest BCUT2D eigenvalue weighted by atomic mass is 16.1. The van der Waals surface area contributed by atoms with Crippen LogP contribution in [-0.2, 0) is 6.54 Å². The summed E-state index contributed by atoms with van der Waals surface area (Å²) in [6, 6.07) is 20.7. The first kappa shape index (κ1) is 17.2. The minimum absolute atomic E-state index is 0.236. The minimum atomic E-state index is -0.236. The van der Waals surface area contributed by atoms with Crippen LogP contribution in [0.25, 0.3) is 0 Å². The second kappa shape index (κ2) is 7.95. The summed E-state index contributed by atoms with van der Waals surface area (Å²) >= 11 is 0. The van der Waals surface area contributed by atoms with Gasteiger partial charge in [-0.05, 0) is 42.8 Å². The molecule has 3 rings (SSSR count). The Morgan fingerprint density at radius 2 is 1.85 bits per heavy atom. The molecule has 0 bridgehead atoms. The van der Waals surface area contributed by atoms with Crippen LogP contribution in [-0.4, -0.2) is 10.9 Å². The third-order valence-corrected chi connectivity index (χ3v) is 3.85. The molecular weight excluding hydrogens is 324 g/mol. The maximum absolute atomic E-state index is 12.3. The van der Waals surface area contributed by atoms with E-state index in [2.05, 4.69) is 21.7 Å². The molecule has 3 aromatic rings. The fraction of sp³-hybridized carbons (Fsp3) is 0.0952. The summed E-state index contributed by atoms with van der Waals surface area (Å²) in [4.78, 5) is 16.5. The van der Waals surface area contributed by atoms with E-state index < -0.39 is 0 Å². The molecule has 0 fully saturated rings. The molecule has 1 aromatic heterocycles. The number of aromatic nitrogens is 1. The van der Waals surface area contributed by atoms with Crippen molar-refractivity contribution < 1.29 is 4.79 Å². The molecule has 0 radical (unpaired) electrons. The van der Waals surface area contributed by atoms with Crippen molar-refractivity contribution in [2.24, 2.45) is 0 Å². The highest BCUT2D eigenvalue weighted by Crippen LogP contribution is 2.18. The molecule has 0 aliphatic rings. The first-order chi connectivity index (χ1) is 12.6. The lowest BCUT2D eigenvalue weighted by molar-refractivity contribution is 0.0946. The van der Waals surface area contributed by atoms with Crippen LogP contribution in [0.15, 0.2) is 66.9 Å². The van der Waals surface area contributed by atoms with Gasteiger partial charge in [0, 0.05) is 24.1 Å². The molecule has 128 valence electrons. The Bertz CT molecular complexity index is 958. The summed E-state index contributed by atoms with van der Waals surface area (Å²) in [5, 5.41) is 15.0. The summed E-state index contributed by atoms with van der Waals surface area (Å²) < 4.78 is 0. The number of hydrogen-bond donors (Lipinski definition) is 2. The first-order valence-corrected chi connectivity index (χ1v) is 8.21. The molecule has 26 heavy (non-hydrogen) atoms. The predicted octanol–water partition coefficient (Wildman–Crippen LogP) is 3.94. The number of amides is 1. The Balaban J connectivity index is 1.67. The van der Waals surface area contributed by atoms with Crippen LogP contribution in [0, 0.1) is 18.3 Å². The minimum Gasteiger partial charge on any atom is -0.355 e. The number of nitrogens with one attached hydrogen (secondary N) is 2. The van der Waals surface area contributed by atoms with E-state index in [1.54, 1.807) is 36.5 Å². The van der Waals surface area contributed by atoms with Gasteiger partial charge in [-0.3, -0.25) is 9.78 Å². The van der Waals surface area contributed by atoms with Crippen molar-refractivity contribution in [2.75, 3.05) is 5.32 Å². The van der Waals surface area contributed by atoms with Crippen molar-refractivity contribution in [3.8, 4) is 6.07 Å². The van der Waals surface area contributed by atoms with E-state index in [9.17, 15) is 4.79 Å². The number of hydrogen-bond acceptors (Lipinski definition) is 4. The zero-order chi connectivity index (χ0) is 18.4. The van der Waals surface area contributed by atoms with Crippen molar-refractivity contribution >= 4 is 17.3 Å². The Labute approximate surface area is 152 Å². The molecule has 1 amide bonds. The number of carbonyl (C=O) groups excluding carboxylic acids is 1. The normalized spacial score (nSPS) is 10.0. The second-order valence-electron chi connectivity index (χ2n) is 5.92. The average molecular weight is 342 g/mol. The predicted molar refractivity (Wildman–Crippen MR) is 101 cm³/mol. The van der Waals surface area contributed by atoms with Gasteiger partial charge < -0.3 is 10.6 Å². The Morgan fingerprint density at radius 1 is 1.08 bits per heavy atom. The van der Waals surface area contributed by atoms with Gasteiger partial charge in [-0.15, -0.1) is 0 Å². The lowest BCUT2D eigenvalue weighted by Crippen LogP contribution is -2.23. The molecule has 2 N–H and O–H groups in total. The number of anilines is 2. The lowest BCUT2D eigenvalue weighted by atomic mass is 10.1. The largest absolute Gasteiger partial charge is 0.355 e. The van der Waals surface area contributed by atoms with Crippen molar-refractivity contribution in [3.05, 3.63) is 89.2 Å². The monoisotopic (exact) mass is 342 g/mol. The molecule has 5 heteroatoms. The third kappa shape index (κ3) is 4.46. The SMILES string of the molecule is Cc1ccc(CNC(=O)c2cc(Nc3cccc(C#N)c3)ccn2)cc1. The molecule has 0 unspecified atom stereocenters. The summed E-state index contributed by atoms with van der Waals surface area (Å²) in [6.45, 7) is 2.47. The van der Waals surface area contributed by atoms with Crippen molar-refractivity contribution in [1.29, 1.82) is 5.26 Å². The average Bonchev–Trinajstić information content (AvgIpc) is 2.67. The van der Waals surface area contributed by atoms with E-state index in [0.29, 0.717) is 17.8 Å². The molecule has 0 saturated carbocycles. The molecule has 1 heterocycles. The van der Waals surface area contributed by atoms with E-state index in [-0.39, 0.29) is 5.91 Å². The first-order valence-electron chi connectivity index (χ1n) is 8.21. The van der Waals surface area contributed by atoms with Crippen LogP contribution in [0.3, 0.4) is 0 Å². The highest BCUT2D eigenvalue weighted by molar-refractivity contribution is 5.93. The zero-order valence-corrected chi connectivity index (χ0v) is 14.4. The van der Waals surface area contributed by atoms with Gasteiger partial charge >= 0.3 is 0 Å². The van der Waals surface area contributed by atoms with Crippen molar-refractivity contribution in [1.82, 2.24) is 10.3 Å². The molecule has 0 aliphatic heterocycles. The van der Waals surface area contributed by atoms with E-state index in [0.717, 1.165) is 16.9 Å². The number of nitrogens with zero attached hydrogens (tertiary/aromatic N) is 2. The van der Waals surface area contributed by atoms with E-state index in [1.165, 1.54) is 5.56 Å². The zero-order valence-electron chi connectivity index (χ0n) is 14.4. The van der Waals surface area contributed by atoms with E-state index in [4.69, 9.17) is 5.26 Å². The van der Waals surface area contributed by atoms with Crippen LogP contribution in [0.1, 0.15) is 27.2 Å². The van der Waals surface area contributed by atoms with Crippen LogP contribution >= 0.6 is 0 Å². The van der Waals surface area contributed by atoms with Gasteiger partial charge in [0.15, 0.2) is 0 Å². The Morgan fingerprint density at radius 3 is 2.62 bits per heavy atom. The van der Waals surface area contributed by atoms with Gasteiger partial charge in [0.1, 0.15) is 5.69 Å². The second-order valence-corrected chi connectivity index (χ2v) is 5.92. The summed E-state index contributed by atoms with van der Waals surface area (Å²) in [5.74, 6) is -0.236. The number of rotatable bonds is 5. The number of carbonyl (C=O) groups is 1. The van der Waals surface area contributed by atoms with Crippen molar-refractivity contribution in [3.63, 3.8) is 0 Å². The van der Waals surface area contributed by atoms with E-state index in [1.807, 2.05) is 37.3 Å². The summed E-state index contributed by atoms with van der Waals surface area (Å²) in [7, 11) is 0. The van der Waals surface area contributed by atoms with Crippen LogP contribution in [0.2, 0.25) is 0 Å². The van der Waals surface area contributed by atoms with Crippen LogP contribution in [0.5, 0.6) is 0 Å². The molecular formula is C21H18N4O. The van der Waals surface area contributed by atoms with Gasteiger partial charge in [0.2, 0.25) is 0 Å². The van der Waals surface area contributed by atoms with Crippen LogP contribution in [0.4, 0.5) is 11.4 Å². The standard InChI is InChI=1S/C21H18N4O/c1-15-5-7-16(8-6-15)14-24-21(26)20-12-19(9-10-23-20)25-18-4-2-3-17(11-18)13-22/h2-12H,14H2,1H3,(H,23,25)(H,24,26). The molecule has 2 aromatic carbocycles. The quantitative estimate of drug-likeness (QED) is 0.736. The maximum atomic E-state index is 12.3. The Kier molecular flexibility index (Phi) is 5.25. The molecule has 0 atom stereocenters. The van der Waals surface area contributed by atoms with E-state index >= 15 is 0 Å². The number of benzene rings is 2. The molecule has 5 nitrogen and oxygen atoms in total.